The number of ketones is 1. The topological polar surface area (TPSA) is 121 Å². The normalized spacial score (nSPS) is 39.9. The fourth-order valence-corrected chi connectivity index (χ4v) is 8.38. The van der Waals surface area contributed by atoms with E-state index < -0.39 is 53.5 Å². The fourth-order valence-electron chi connectivity index (χ4n) is 8.38. The second kappa shape index (κ2) is 15.8. The van der Waals surface area contributed by atoms with E-state index in [0.29, 0.717) is 19.4 Å². The molecular weight excluding hydrogens is 602 g/mol. The molecule has 0 aromatic heterocycles. The molecule has 0 spiro atoms. The molecule has 0 aromatic carbocycles. The van der Waals surface area contributed by atoms with Gasteiger partial charge in [0.05, 0.1) is 30.0 Å². The SMILES string of the molecule is CO[C@]1(C)C[C@@H](C)CN(C)[C@H]([C@@H](O)C2CCN(CC3CC3)CC2)COC(=O)C(C)(C)C(=O)[C@H](C)[C@H]1OC1OC(C)CC(N(C)C)C1O. The number of likely N-dealkylation sites (N-methyl/N-ethyl adjacent to an activating group) is 2. The number of cyclic esters (lactones) is 1. The number of aliphatic hydroxyl groups is 2. The molecule has 3 aliphatic heterocycles. The first-order valence-corrected chi connectivity index (χ1v) is 18.0. The van der Waals surface area contributed by atoms with Crippen LogP contribution in [0.25, 0.3) is 0 Å². The molecule has 0 aromatic rings. The predicted molar refractivity (Wildman–Crippen MR) is 180 cm³/mol. The van der Waals surface area contributed by atoms with Gasteiger partial charge in [-0.05, 0) is 118 Å². The highest BCUT2D eigenvalue weighted by molar-refractivity contribution is 6.04. The van der Waals surface area contributed by atoms with Gasteiger partial charge in [0, 0.05) is 32.2 Å². The highest BCUT2D eigenvalue weighted by Gasteiger charge is 2.52. The van der Waals surface area contributed by atoms with Crippen molar-refractivity contribution in [2.45, 2.75) is 128 Å². The van der Waals surface area contributed by atoms with Gasteiger partial charge >= 0.3 is 5.97 Å². The summed E-state index contributed by atoms with van der Waals surface area (Å²) in [5, 5.41) is 23.1. The van der Waals surface area contributed by atoms with Gasteiger partial charge in [-0.15, -0.1) is 0 Å². The molecule has 1 saturated carbocycles. The van der Waals surface area contributed by atoms with Crippen LogP contribution < -0.4 is 0 Å². The maximum atomic E-state index is 14.3. The Kier molecular flexibility index (Phi) is 13.0. The third-order valence-corrected chi connectivity index (χ3v) is 11.6. The van der Waals surface area contributed by atoms with Crippen LogP contribution in [0.4, 0.5) is 0 Å². The minimum Gasteiger partial charge on any atom is -0.463 e. The van der Waals surface area contributed by atoms with E-state index in [2.05, 4.69) is 16.7 Å². The van der Waals surface area contributed by atoms with Crippen LogP contribution in [-0.2, 0) is 28.5 Å². The second-order valence-corrected chi connectivity index (χ2v) is 16.4. The zero-order chi connectivity index (χ0) is 34.8. The summed E-state index contributed by atoms with van der Waals surface area (Å²) >= 11 is 0. The summed E-state index contributed by atoms with van der Waals surface area (Å²) in [5.41, 5.74) is -2.45. The van der Waals surface area contributed by atoms with E-state index in [1.54, 1.807) is 27.9 Å². The number of hydrogen-bond donors (Lipinski definition) is 2. The summed E-state index contributed by atoms with van der Waals surface area (Å²) in [6.45, 7) is 14.7. The molecule has 4 fully saturated rings. The number of esters is 1. The number of likely N-dealkylation sites (tertiary alicyclic amines) is 1. The summed E-state index contributed by atoms with van der Waals surface area (Å²) in [6, 6.07) is -0.604. The van der Waals surface area contributed by atoms with Crippen LogP contribution in [0.2, 0.25) is 0 Å². The molecule has 0 radical (unpaired) electrons. The molecule has 47 heavy (non-hydrogen) atoms. The number of aliphatic hydroxyl groups excluding tert-OH is 2. The summed E-state index contributed by atoms with van der Waals surface area (Å²) in [5.74, 6) is -0.744. The Morgan fingerprint density at radius 2 is 1.70 bits per heavy atom. The lowest BCUT2D eigenvalue weighted by Gasteiger charge is -2.47. The van der Waals surface area contributed by atoms with Crippen LogP contribution >= 0.6 is 0 Å². The summed E-state index contributed by atoms with van der Waals surface area (Å²) in [6.07, 6.45) is 2.04. The zero-order valence-electron chi connectivity index (χ0n) is 30.8. The first-order chi connectivity index (χ1) is 22.0. The minimum atomic E-state index is -1.48. The monoisotopic (exact) mass is 667 g/mol. The number of Topliss-reactive ketones (excluding diaryl/α,β-unsaturated/α-hetero) is 1. The van der Waals surface area contributed by atoms with E-state index in [1.165, 1.54) is 12.8 Å². The molecule has 11 nitrogen and oxygen atoms in total. The van der Waals surface area contributed by atoms with Crippen LogP contribution in [0.1, 0.15) is 80.1 Å². The number of nitrogens with zero attached hydrogens (tertiary/aromatic N) is 3. The molecule has 272 valence electrons. The van der Waals surface area contributed by atoms with Crippen molar-refractivity contribution in [3.8, 4) is 0 Å². The zero-order valence-corrected chi connectivity index (χ0v) is 30.8. The van der Waals surface area contributed by atoms with Gasteiger partial charge in [-0.25, -0.2) is 0 Å². The van der Waals surface area contributed by atoms with Gasteiger partial charge in [-0.2, -0.15) is 0 Å². The van der Waals surface area contributed by atoms with Gasteiger partial charge < -0.3 is 39.0 Å². The van der Waals surface area contributed by atoms with Gasteiger partial charge in [0.1, 0.15) is 18.1 Å². The van der Waals surface area contributed by atoms with E-state index in [-0.39, 0.29) is 36.4 Å². The Hall–Kier alpha value is -1.18. The average molecular weight is 668 g/mol. The molecule has 0 amide bonds. The second-order valence-electron chi connectivity index (χ2n) is 16.4. The van der Waals surface area contributed by atoms with Crippen molar-refractivity contribution in [3.63, 3.8) is 0 Å². The Labute approximate surface area is 283 Å². The molecule has 4 aliphatic rings. The highest BCUT2D eigenvalue weighted by Crippen LogP contribution is 2.39. The van der Waals surface area contributed by atoms with Crippen LogP contribution in [-0.4, -0.2) is 146 Å². The Balaban J connectivity index is 1.59. The molecular formula is C36H65N3O8. The smallest absolute Gasteiger partial charge is 0.319 e. The van der Waals surface area contributed by atoms with Crippen molar-refractivity contribution in [1.82, 2.24) is 14.7 Å². The number of ether oxygens (including phenoxy) is 4. The number of carbonyl (C=O) groups is 2. The number of carbonyl (C=O) groups excluding carboxylic acids is 2. The quantitative estimate of drug-likeness (QED) is 0.294. The molecule has 3 heterocycles. The first kappa shape index (κ1) is 38.6. The van der Waals surface area contributed by atoms with Crippen LogP contribution in [0.15, 0.2) is 0 Å². The van der Waals surface area contributed by atoms with Crippen LogP contribution in [0.5, 0.6) is 0 Å². The molecule has 4 unspecified atom stereocenters. The van der Waals surface area contributed by atoms with Crippen molar-refractivity contribution in [3.05, 3.63) is 0 Å². The van der Waals surface area contributed by atoms with Gasteiger partial charge in [0.15, 0.2) is 12.1 Å². The lowest BCUT2D eigenvalue weighted by atomic mass is 9.74. The molecule has 10 atom stereocenters. The van der Waals surface area contributed by atoms with E-state index in [9.17, 15) is 19.8 Å². The molecule has 3 saturated heterocycles. The summed E-state index contributed by atoms with van der Waals surface area (Å²) in [7, 11) is 7.43. The van der Waals surface area contributed by atoms with Gasteiger partial charge in [0.25, 0.3) is 0 Å². The molecule has 0 bridgehead atoms. The molecule has 1 aliphatic carbocycles. The maximum absolute atomic E-state index is 14.3. The molecule has 11 heteroatoms. The lowest BCUT2D eigenvalue weighted by molar-refractivity contribution is -0.295. The number of hydrogen-bond acceptors (Lipinski definition) is 11. The van der Waals surface area contributed by atoms with Gasteiger partial charge in [-0.1, -0.05) is 13.8 Å². The maximum Gasteiger partial charge on any atom is 0.319 e. The van der Waals surface area contributed by atoms with Crippen LogP contribution in [0, 0.1) is 29.1 Å². The Morgan fingerprint density at radius 3 is 2.28 bits per heavy atom. The Bertz CT molecular complexity index is 1050. The fraction of sp³-hybridized carbons (Fsp3) is 0.944. The van der Waals surface area contributed by atoms with Crippen molar-refractivity contribution >= 4 is 11.8 Å². The number of piperidine rings is 1. The third kappa shape index (κ3) is 9.14. The highest BCUT2D eigenvalue weighted by atomic mass is 16.7. The third-order valence-electron chi connectivity index (χ3n) is 11.6. The van der Waals surface area contributed by atoms with E-state index in [0.717, 1.165) is 38.4 Å². The number of rotatable bonds is 8. The minimum absolute atomic E-state index is 0.00396. The van der Waals surface area contributed by atoms with Crippen LogP contribution in [0.3, 0.4) is 0 Å². The van der Waals surface area contributed by atoms with E-state index >= 15 is 0 Å². The van der Waals surface area contributed by atoms with Gasteiger partial charge in [-0.3, -0.25) is 14.5 Å². The standard InChI is InChI=1S/C36H65N3O8/c1-22-18-36(6,44-10)32(47-33-30(41)27(37(7)8)17-23(2)46-33)24(3)31(42)35(4,5)34(43)45-21-28(38(9)19-22)29(40)26-13-15-39(16-14-26)20-25-11-12-25/h22-30,32-33,40-41H,11-21H2,1-10H3/t22-,23?,24+,27?,28+,29+,30?,32-,33?,36-/m1/s1. The Morgan fingerprint density at radius 1 is 1.06 bits per heavy atom. The van der Waals surface area contributed by atoms with Gasteiger partial charge in [0.2, 0.25) is 0 Å². The summed E-state index contributed by atoms with van der Waals surface area (Å²) in [4.78, 5) is 34.6. The van der Waals surface area contributed by atoms with Crippen molar-refractivity contribution < 1.29 is 38.7 Å². The summed E-state index contributed by atoms with van der Waals surface area (Å²) < 4.78 is 24.9. The van der Waals surface area contributed by atoms with Crippen molar-refractivity contribution in [2.75, 3.05) is 61.0 Å². The van der Waals surface area contributed by atoms with E-state index in [1.807, 2.05) is 39.9 Å². The largest absolute Gasteiger partial charge is 0.463 e. The first-order valence-electron chi connectivity index (χ1n) is 18.0. The lowest BCUT2D eigenvalue weighted by Crippen LogP contribution is -2.59. The average Bonchev–Trinajstić information content (AvgIpc) is 3.83. The predicted octanol–water partition coefficient (Wildman–Crippen LogP) is 2.80. The molecule has 4 rings (SSSR count). The van der Waals surface area contributed by atoms with Crippen molar-refractivity contribution in [1.29, 1.82) is 0 Å². The van der Waals surface area contributed by atoms with Crippen molar-refractivity contribution in [2.24, 2.45) is 29.1 Å². The molecule has 2 N–H and O–H groups in total. The number of methoxy groups -OCH3 is 1. The van der Waals surface area contributed by atoms with E-state index in [4.69, 9.17) is 18.9 Å².